The Labute approximate surface area is 94.5 Å². The van der Waals surface area contributed by atoms with Gasteiger partial charge in [-0.3, -0.25) is 4.98 Å². The Hall–Kier alpha value is -1.42. The van der Waals surface area contributed by atoms with E-state index in [9.17, 15) is 0 Å². The van der Waals surface area contributed by atoms with Crippen molar-refractivity contribution in [2.45, 2.75) is 31.7 Å². The zero-order chi connectivity index (χ0) is 11.2. The Balaban J connectivity index is 2.24. The molecule has 3 rings (SSSR count). The fraction of sp³-hybridized carbons (Fsp3) is 0.500. The lowest BCUT2D eigenvalue weighted by molar-refractivity contribution is 0.593. The summed E-state index contributed by atoms with van der Waals surface area (Å²) < 4.78 is 2.27. The minimum atomic E-state index is 0.148. The van der Waals surface area contributed by atoms with Gasteiger partial charge in [0, 0.05) is 24.7 Å². The van der Waals surface area contributed by atoms with E-state index in [0.29, 0.717) is 6.54 Å². The van der Waals surface area contributed by atoms with Gasteiger partial charge in [-0.2, -0.15) is 0 Å². The van der Waals surface area contributed by atoms with Crippen LogP contribution in [0.15, 0.2) is 18.5 Å². The molecule has 4 nitrogen and oxygen atoms in total. The molecule has 0 atom stereocenters. The summed E-state index contributed by atoms with van der Waals surface area (Å²) >= 11 is 0. The van der Waals surface area contributed by atoms with E-state index in [2.05, 4.69) is 16.5 Å². The molecular formula is C12H16N4. The zero-order valence-corrected chi connectivity index (χ0v) is 9.48. The van der Waals surface area contributed by atoms with Gasteiger partial charge >= 0.3 is 0 Å². The van der Waals surface area contributed by atoms with E-state index < -0.39 is 0 Å². The Morgan fingerprint density at radius 2 is 2.31 bits per heavy atom. The molecule has 2 N–H and O–H groups in total. The number of nitrogens with two attached hydrogens (primary N) is 1. The summed E-state index contributed by atoms with van der Waals surface area (Å²) in [6.07, 6.45) is 5.99. The van der Waals surface area contributed by atoms with Gasteiger partial charge in [0.15, 0.2) is 0 Å². The van der Waals surface area contributed by atoms with Gasteiger partial charge in [-0.1, -0.05) is 0 Å². The number of aromatic nitrogens is 3. The highest BCUT2D eigenvalue weighted by atomic mass is 15.1. The molecule has 2 heterocycles. The van der Waals surface area contributed by atoms with E-state index in [-0.39, 0.29) is 5.41 Å². The van der Waals surface area contributed by atoms with Crippen molar-refractivity contribution in [2.24, 2.45) is 5.73 Å². The SMILES string of the molecule is CCn1c(C2(CN)CC2)nc2cnccc21. The second kappa shape index (κ2) is 3.28. The van der Waals surface area contributed by atoms with Crippen molar-refractivity contribution in [3.8, 4) is 0 Å². The molecule has 2 aromatic rings. The van der Waals surface area contributed by atoms with Crippen LogP contribution in [0.25, 0.3) is 11.0 Å². The van der Waals surface area contributed by atoms with E-state index >= 15 is 0 Å². The number of rotatable bonds is 3. The first-order chi connectivity index (χ1) is 7.80. The van der Waals surface area contributed by atoms with Gasteiger partial charge in [0.1, 0.15) is 11.3 Å². The number of fused-ring (bicyclic) bond motifs is 1. The maximum atomic E-state index is 5.88. The third-order valence-corrected chi connectivity index (χ3v) is 3.59. The predicted octanol–water partition coefficient (Wildman–Crippen LogP) is 1.44. The van der Waals surface area contributed by atoms with Gasteiger partial charge in [0.25, 0.3) is 0 Å². The second-order valence-corrected chi connectivity index (χ2v) is 4.53. The highest BCUT2D eigenvalue weighted by molar-refractivity contribution is 5.75. The van der Waals surface area contributed by atoms with Crippen LogP contribution in [-0.2, 0) is 12.0 Å². The highest BCUT2D eigenvalue weighted by Crippen LogP contribution is 2.47. The van der Waals surface area contributed by atoms with Crippen LogP contribution < -0.4 is 5.73 Å². The summed E-state index contributed by atoms with van der Waals surface area (Å²) in [7, 11) is 0. The molecule has 0 spiro atoms. The molecular weight excluding hydrogens is 200 g/mol. The van der Waals surface area contributed by atoms with Gasteiger partial charge in [-0.05, 0) is 25.8 Å². The highest BCUT2D eigenvalue weighted by Gasteiger charge is 2.46. The largest absolute Gasteiger partial charge is 0.329 e. The summed E-state index contributed by atoms with van der Waals surface area (Å²) in [6, 6.07) is 2.03. The molecule has 2 aromatic heterocycles. The van der Waals surface area contributed by atoms with Crippen LogP contribution in [0.5, 0.6) is 0 Å². The number of nitrogens with zero attached hydrogens (tertiary/aromatic N) is 3. The molecule has 0 radical (unpaired) electrons. The van der Waals surface area contributed by atoms with Crippen molar-refractivity contribution in [1.29, 1.82) is 0 Å². The molecule has 0 aliphatic heterocycles. The number of hydrogen-bond donors (Lipinski definition) is 1. The Bertz CT molecular complexity index is 525. The van der Waals surface area contributed by atoms with E-state index in [1.165, 1.54) is 18.4 Å². The van der Waals surface area contributed by atoms with Crippen molar-refractivity contribution in [3.05, 3.63) is 24.3 Å². The number of pyridine rings is 1. The second-order valence-electron chi connectivity index (χ2n) is 4.53. The number of hydrogen-bond acceptors (Lipinski definition) is 3. The Kier molecular flexibility index (Phi) is 2.01. The lowest BCUT2D eigenvalue weighted by Gasteiger charge is -2.13. The minimum absolute atomic E-state index is 0.148. The molecule has 0 bridgehead atoms. The van der Waals surface area contributed by atoms with Gasteiger partial charge < -0.3 is 10.3 Å². The third-order valence-electron chi connectivity index (χ3n) is 3.59. The van der Waals surface area contributed by atoms with Crippen LogP contribution in [0.1, 0.15) is 25.6 Å². The average Bonchev–Trinajstić information content (AvgIpc) is 3.04. The van der Waals surface area contributed by atoms with Crippen LogP contribution in [0.4, 0.5) is 0 Å². The van der Waals surface area contributed by atoms with Crippen molar-refractivity contribution < 1.29 is 0 Å². The number of aryl methyl sites for hydroxylation is 1. The van der Waals surface area contributed by atoms with Crippen LogP contribution in [0.3, 0.4) is 0 Å². The van der Waals surface area contributed by atoms with E-state index in [4.69, 9.17) is 10.7 Å². The summed E-state index contributed by atoms with van der Waals surface area (Å²) in [5.74, 6) is 1.15. The monoisotopic (exact) mass is 216 g/mol. The molecule has 0 aromatic carbocycles. The van der Waals surface area contributed by atoms with Crippen molar-refractivity contribution >= 4 is 11.0 Å². The van der Waals surface area contributed by atoms with Gasteiger partial charge in [-0.15, -0.1) is 0 Å². The number of imidazole rings is 1. The summed E-state index contributed by atoms with van der Waals surface area (Å²) in [4.78, 5) is 8.83. The molecule has 1 aliphatic rings. The molecule has 0 amide bonds. The third kappa shape index (κ3) is 1.19. The van der Waals surface area contributed by atoms with Gasteiger partial charge in [0.2, 0.25) is 0 Å². The minimum Gasteiger partial charge on any atom is -0.329 e. The van der Waals surface area contributed by atoms with Crippen molar-refractivity contribution in [3.63, 3.8) is 0 Å². The van der Waals surface area contributed by atoms with Crippen molar-refractivity contribution in [2.75, 3.05) is 6.54 Å². The maximum Gasteiger partial charge on any atom is 0.117 e. The quantitative estimate of drug-likeness (QED) is 0.844. The first-order valence-corrected chi connectivity index (χ1v) is 5.81. The summed E-state index contributed by atoms with van der Waals surface area (Å²) in [6.45, 7) is 3.79. The maximum absolute atomic E-state index is 5.88. The normalized spacial score (nSPS) is 17.9. The summed E-state index contributed by atoms with van der Waals surface area (Å²) in [5.41, 5.74) is 8.18. The topological polar surface area (TPSA) is 56.7 Å². The van der Waals surface area contributed by atoms with Crippen LogP contribution in [0, 0.1) is 0 Å². The van der Waals surface area contributed by atoms with Crippen LogP contribution in [0.2, 0.25) is 0 Å². The zero-order valence-electron chi connectivity index (χ0n) is 9.48. The summed E-state index contributed by atoms with van der Waals surface area (Å²) in [5, 5.41) is 0. The fourth-order valence-electron chi connectivity index (χ4n) is 2.38. The molecule has 1 fully saturated rings. The molecule has 0 unspecified atom stereocenters. The lowest BCUT2D eigenvalue weighted by Crippen LogP contribution is -2.24. The Morgan fingerprint density at radius 1 is 1.50 bits per heavy atom. The van der Waals surface area contributed by atoms with Gasteiger partial charge in [-0.25, -0.2) is 4.98 Å². The molecule has 1 saturated carbocycles. The molecule has 16 heavy (non-hydrogen) atoms. The smallest absolute Gasteiger partial charge is 0.117 e. The Morgan fingerprint density at radius 3 is 2.94 bits per heavy atom. The average molecular weight is 216 g/mol. The van der Waals surface area contributed by atoms with Crippen LogP contribution in [-0.4, -0.2) is 21.1 Å². The molecule has 1 aliphatic carbocycles. The van der Waals surface area contributed by atoms with E-state index in [0.717, 1.165) is 17.9 Å². The van der Waals surface area contributed by atoms with Gasteiger partial charge in [0.05, 0.1) is 11.7 Å². The fourth-order valence-corrected chi connectivity index (χ4v) is 2.38. The predicted molar refractivity (Wildman–Crippen MR) is 63.2 cm³/mol. The lowest BCUT2D eigenvalue weighted by atomic mass is 10.1. The molecule has 84 valence electrons. The standard InChI is InChI=1S/C12H16N4/c1-2-16-10-3-6-14-7-9(10)15-11(16)12(8-13)4-5-12/h3,6-7H,2,4-5,8,13H2,1H3. The van der Waals surface area contributed by atoms with Crippen molar-refractivity contribution in [1.82, 2.24) is 14.5 Å². The van der Waals surface area contributed by atoms with Crippen LogP contribution >= 0.6 is 0 Å². The first-order valence-electron chi connectivity index (χ1n) is 5.81. The molecule has 0 saturated heterocycles. The first kappa shape index (κ1) is 9.78. The van der Waals surface area contributed by atoms with E-state index in [1.54, 1.807) is 0 Å². The van der Waals surface area contributed by atoms with E-state index in [1.807, 2.05) is 18.5 Å². The molecule has 4 heteroatoms.